The molecule has 1 unspecified atom stereocenters. The second-order valence-electron chi connectivity index (χ2n) is 9.39. The van der Waals surface area contributed by atoms with Gasteiger partial charge in [-0.2, -0.15) is 0 Å². The van der Waals surface area contributed by atoms with Gasteiger partial charge in [0, 0.05) is 6.54 Å². The highest BCUT2D eigenvalue weighted by atomic mass is 16.6. The maximum Gasteiger partial charge on any atom is 0.414 e. The average Bonchev–Trinajstić information content (AvgIpc) is 2.61. The second kappa shape index (κ2) is 12.2. The van der Waals surface area contributed by atoms with Gasteiger partial charge in [-0.15, -0.1) is 0 Å². The molecule has 1 aliphatic rings. The van der Waals surface area contributed by atoms with Crippen LogP contribution in [0.4, 0.5) is 9.59 Å². The molecule has 0 aromatic carbocycles. The van der Waals surface area contributed by atoms with Crippen molar-refractivity contribution >= 4 is 30.0 Å². The summed E-state index contributed by atoms with van der Waals surface area (Å²) in [5, 5.41) is 10.8. The van der Waals surface area contributed by atoms with Crippen LogP contribution in [0.15, 0.2) is 5.16 Å². The molecule has 0 spiro atoms. The van der Waals surface area contributed by atoms with Crippen LogP contribution in [-0.4, -0.2) is 78.3 Å². The first-order chi connectivity index (χ1) is 15.2. The first-order valence-electron chi connectivity index (χ1n) is 10.7. The van der Waals surface area contributed by atoms with Crippen LogP contribution in [0.2, 0.25) is 0 Å². The van der Waals surface area contributed by atoms with Crippen LogP contribution in [0, 0.1) is 0 Å². The van der Waals surface area contributed by atoms with Gasteiger partial charge in [-0.25, -0.2) is 9.59 Å². The number of nitrogens with zero attached hydrogens (tertiary/aromatic N) is 2. The molecule has 1 saturated heterocycles. The number of carbonyl (C=O) groups is 4. The minimum absolute atomic E-state index is 0.0720. The molecule has 1 heterocycles. The zero-order valence-electron chi connectivity index (χ0n) is 20.1. The Morgan fingerprint density at radius 3 is 2.12 bits per heavy atom. The Kier molecular flexibility index (Phi) is 10.4. The number of oxime groups is 1. The van der Waals surface area contributed by atoms with E-state index < -0.39 is 29.4 Å². The first-order valence-corrected chi connectivity index (χ1v) is 10.7. The summed E-state index contributed by atoms with van der Waals surface area (Å²) in [5.74, 6) is -0.968. The van der Waals surface area contributed by atoms with Crippen molar-refractivity contribution in [2.75, 3.05) is 26.2 Å². The first kappa shape index (κ1) is 27.9. The van der Waals surface area contributed by atoms with E-state index in [1.165, 1.54) is 4.90 Å². The molecule has 0 aliphatic carbocycles. The minimum Gasteiger partial charge on any atom is -0.444 e. The number of likely N-dealkylation sites (tertiary alicyclic amines) is 1. The molecular formula is C20H36N6O7. The number of hydrogen-bond acceptors (Lipinski definition) is 9. The van der Waals surface area contributed by atoms with Gasteiger partial charge >= 0.3 is 12.2 Å². The number of carbonyl (C=O) groups excluding carboxylic acids is 4. The Morgan fingerprint density at radius 1 is 1.06 bits per heavy atom. The van der Waals surface area contributed by atoms with Crippen molar-refractivity contribution in [3.05, 3.63) is 0 Å². The summed E-state index contributed by atoms with van der Waals surface area (Å²) in [4.78, 5) is 54.5. The van der Waals surface area contributed by atoms with Crippen LogP contribution < -0.4 is 21.7 Å². The van der Waals surface area contributed by atoms with Crippen molar-refractivity contribution in [2.45, 2.75) is 71.6 Å². The van der Waals surface area contributed by atoms with E-state index in [4.69, 9.17) is 20.0 Å². The molecule has 0 saturated carbocycles. The zero-order valence-corrected chi connectivity index (χ0v) is 20.1. The fourth-order valence-electron chi connectivity index (χ4n) is 2.58. The molecule has 0 aromatic rings. The molecule has 0 aromatic heterocycles. The summed E-state index contributed by atoms with van der Waals surface area (Å²) in [7, 11) is 0. The zero-order chi connectivity index (χ0) is 25.2. The maximum atomic E-state index is 12.0. The van der Waals surface area contributed by atoms with Crippen molar-refractivity contribution in [3.8, 4) is 0 Å². The number of piperidine rings is 1. The molecule has 4 amide bonds. The van der Waals surface area contributed by atoms with Crippen LogP contribution in [0.5, 0.6) is 0 Å². The second-order valence-corrected chi connectivity index (χ2v) is 9.39. The molecular weight excluding hydrogens is 436 g/mol. The SMILES string of the molecule is CC(C)(C)OC(=O)NC(=NOCCNC(=O)CN1CCCC(N)C1=O)NC(=O)OC(C)(C)C. The number of hydrogen-bond donors (Lipinski definition) is 4. The topological polar surface area (TPSA) is 174 Å². The Morgan fingerprint density at radius 2 is 1.61 bits per heavy atom. The number of nitrogens with one attached hydrogen (secondary N) is 3. The summed E-state index contributed by atoms with van der Waals surface area (Å²) in [6.07, 6.45) is -0.368. The third-order valence-corrected chi connectivity index (χ3v) is 3.82. The van der Waals surface area contributed by atoms with E-state index in [1.54, 1.807) is 41.5 Å². The number of nitrogens with two attached hydrogens (primary N) is 1. The molecule has 188 valence electrons. The van der Waals surface area contributed by atoms with Crippen LogP contribution in [0.1, 0.15) is 54.4 Å². The normalized spacial score (nSPS) is 16.4. The van der Waals surface area contributed by atoms with Gasteiger partial charge in [0.25, 0.3) is 5.96 Å². The summed E-state index contributed by atoms with van der Waals surface area (Å²) in [6.45, 7) is 10.4. The average molecular weight is 473 g/mol. The van der Waals surface area contributed by atoms with Gasteiger partial charge in [0.15, 0.2) is 0 Å². The maximum absolute atomic E-state index is 12.0. The van der Waals surface area contributed by atoms with Gasteiger partial charge in [-0.1, -0.05) is 0 Å². The van der Waals surface area contributed by atoms with Crippen molar-refractivity contribution in [1.29, 1.82) is 0 Å². The number of amides is 4. The van der Waals surface area contributed by atoms with Gasteiger partial charge in [-0.05, 0) is 59.5 Å². The molecule has 13 nitrogen and oxygen atoms in total. The van der Waals surface area contributed by atoms with E-state index in [0.717, 1.165) is 6.42 Å². The Balaban J connectivity index is 2.55. The van der Waals surface area contributed by atoms with Gasteiger partial charge < -0.3 is 30.3 Å². The minimum atomic E-state index is -0.862. The summed E-state index contributed by atoms with van der Waals surface area (Å²) in [6, 6.07) is -0.572. The molecule has 1 aliphatic heterocycles. The van der Waals surface area contributed by atoms with E-state index in [9.17, 15) is 19.2 Å². The van der Waals surface area contributed by atoms with E-state index in [2.05, 4.69) is 21.1 Å². The Bertz CT molecular complexity index is 710. The highest BCUT2D eigenvalue weighted by Crippen LogP contribution is 2.09. The van der Waals surface area contributed by atoms with E-state index in [-0.39, 0.29) is 37.5 Å². The van der Waals surface area contributed by atoms with Crippen LogP contribution in [0.3, 0.4) is 0 Å². The third kappa shape index (κ3) is 12.5. The standard InChI is InChI=1S/C20H36N6O7/c1-19(2,3)32-17(29)23-16(24-18(30)33-20(4,5)6)25-31-11-9-22-14(27)12-26-10-7-8-13(21)15(26)28/h13H,7-12,21H2,1-6H3,(H,22,27)(H2,23,24,25,29,30). The van der Waals surface area contributed by atoms with Crippen LogP contribution >= 0.6 is 0 Å². The predicted molar refractivity (Wildman–Crippen MR) is 119 cm³/mol. The smallest absolute Gasteiger partial charge is 0.414 e. The third-order valence-electron chi connectivity index (χ3n) is 3.82. The monoisotopic (exact) mass is 472 g/mol. The highest BCUT2D eigenvalue weighted by Gasteiger charge is 2.27. The summed E-state index contributed by atoms with van der Waals surface area (Å²) < 4.78 is 10.2. The Hall–Kier alpha value is -3.09. The summed E-state index contributed by atoms with van der Waals surface area (Å²) in [5.41, 5.74) is 4.17. The van der Waals surface area contributed by atoms with Gasteiger partial charge in [0.05, 0.1) is 19.1 Å². The lowest BCUT2D eigenvalue weighted by Gasteiger charge is -2.29. The van der Waals surface area contributed by atoms with Crippen molar-refractivity contribution < 1.29 is 33.5 Å². The van der Waals surface area contributed by atoms with Crippen molar-refractivity contribution in [2.24, 2.45) is 10.9 Å². The number of rotatable bonds is 6. The van der Waals surface area contributed by atoms with Crippen molar-refractivity contribution in [3.63, 3.8) is 0 Å². The highest BCUT2D eigenvalue weighted by molar-refractivity contribution is 6.01. The van der Waals surface area contributed by atoms with Crippen LogP contribution in [-0.2, 0) is 23.9 Å². The Labute approximate surface area is 193 Å². The molecule has 1 atom stereocenters. The lowest BCUT2D eigenvalue weighted by atomic mass is 10.1. The quantitative estimate of drug-likeness (QED) is 0.186. The molecule has 1 rings (SSSR count). The fraction of sp³-hybridized carbons (Fsp3) is 0.750. The molecule has 0 radical (unpaired) electrons. The molecule has 13 heteroatoms. The van der Waals surface area contributed by atoms with Gasteiger partial charge in [0.2, 0.25) is 11.8 Å². The number of alkyl carbamates (subject to hydrolysis) is 2. The molecule has 1 fully saturated rings. The molecule has 0 bridgehead atoms. The summed E-state index contributed by atoms with van der Waals surface area (Å²) >= 11 is 0. The van der Waals surface area contributed by atoms with Gasteiger partial charge in [0.1, 0.15) is 17.8 Å². The number of ether oxygens (including phenoxy) is 2. The number of guanidine groups is 1. The van der Waals surface area contributed by atoms with Crippen LogP contribution in [0.25, 0.3) is 0 Å². The van der Waals surface area contributed by atoms with E-state index in [0.29, 0.717) is 13.0 Å². The van der Waals surface area contributed by atoms with E-state index >= 15 is 0 Å². The van der Waals surface area contributed by atoms with E-state index in [1.807, 2.05) is 0 Å². The molecule has 33 heavy (non-hydrogen) atoms. The largest absolute Gasteiger partial charge is 0.444 e. The van der Waals surface area contributed by atoms with Gasteiger partial charge in [-0.3, -0.25) is 20.2 Å². The fourth-order valence-corrected chi connectivity index (χ4v) is 2.58. The predicted octanol–water partition coefficient (Wildman–Crippen LogP) is 0.389. The molecule has 5 N–H and O–H groups in total. The van der Waals surface area contributed by atoms with Crippen molar-refractivity contribution in [1.82, 2.24) is 20.9 Å². The lowest BCUT2D eigenvalue weighted by molar-refractivity contribution is -0.139. The lowest BCUT2D eigenvalue weighted by Crippen LogP contribution is -2.51.